The second-order valence-electron chi connectivity index (χ2n) is 3.65. The van der Waals surface area contributed by atoms with Crippen LogP contribution in [0.1, 0.15) is 35.9 Å². The van der Waals surface area contributed by atoms with Crippen molar-refractivity contribution in [2.24, 2.45) is 0 Å². The fourth-order valence-corrected chi connectivity index (χ4v) is 2.23. The Morgan fingerprint density at radius 3 is 3.12 bits per heavy atom. The normalized spacial score (nSPS) is 10.9. The van der Waals surface area contributed by atoms with Crippen molar-refractivity contribution in [3.8, 4) is 0 Å². The number of fused-ring (bicyclic) bond motifs is 1. The summed E-state index contributed by atoms with van der Waals surface area (Å²) < 4.78 is 7.00. The first-order valence-corrected chi connectivity index (χ1v) is 6.20. The van der Waals surface area contributed by atoms with Gasteiger partial charge in [-0.2, -0.15) is 0 Å². The standard InChI is InChI=1S/C11H14N2O2S/c1-3-4-5-15-10(14)9-6-13-8(2)7-16-11(13)12-9/h6-7H,3-5H2,1-2H3. The van der Waals surface area contributed by atoms with Crippen molar-refractivity contribution in [3.05, 3.63) is 23.0 Å². The van der Waals surface area contributed by atoms with Gasteiger partial charge >= 0.3 is 5.97 Å². The number of unbranched alkanes of at least 4 members (excludes halogenated alkanes) is 1. The minimum atomic E-state index is -0.330. The minimum Gasteiger partial charge on any atom is -0.461 e. The largest absolute Gasteiger partial charge is 0.461 e. The monoisotopic (exact) mass is 238 g/mol. The third-order valence-electron chi connectivity index (χ3n) is 2.33. The van der Waals surface area contributed by atoms with Crippen LogP contribution in [0.2, 0.25) is 0 Å². The number of ether oxygens (including phenoxy) is 1. The summed E-state index contributed by atoms with van der Waals surface area (Å²) in [5.41, 5.74) is 1.48. The third kappa shape index (κ3) is 2.09. The van der Waals surface area contributed by atoms with E-state index in [-0.39, 0.29) is 5.97 Å². The van der Waals surface area contributed by atoms with E-state index in [0.29, 0.717) is 12.3 Å². The predicted octanol–water partition coefficient (Wildman–Crippen LogP) is 2.66. The average Bonchev–Trinajstić information content (AvgIpc) is 2.82. The molecule has 0 aliphatic rings. The van der Waals surface area contributed by atoms with Crippen molar-refractivity contribution in [3.63, 3.8) is 0 Å². The van der Waals surface area contributed by atoms with Gasteiger partial charge in [0.1, 0.15) is 0 Å². The number of aromatic nitrogens is 2. The zero-order chi connectivity index (χ0) is 11.5. The first kappa shape index (κ1) is 11.1. The van der Waals surface area contributed by atoms with Gasteiger partial charge < -0.3 is 4.74 Å². The Morgan fingerprint density at radius 1 is 1.62 bits per heavy atom. The van der Waals surface area contributed by atoms with E-state index in [2.05, 4.69) is 11.9 Å². The van der Waals surface area contributed by atoms with E-state index >= 15 is 0 Å². The van der Waals surface area contributed by atoms with Gasteiger partial charge in [-0.25, -0.2) is 9.78 Å². The van der Waals surface area contributed by atoms with Gasteiger partial charge in [0.15, 0.2) is 10.7 Å². The van der Waals surface area contributed by atoms with E-state index in [1.165, 1.54) is 11.3 Å². The van der Waals surface area contributed by atoms with Crippen molar-refractivity contribution in [2.75, 3.05) is 6.61 Å². The highest BCUT2D eigenvalue weighted by atomic mass is 32.1. The van der Waals surface area contributed by atoms with E-state index in [0.717, 1.165) is 23.5 Å². The molecule has 2 aromatic heterocycles. The molecule has 0 atom stereocenters. The number of rotatable bonds is 4. The fraction of sp³-hybridized carbons (Fsp3) is 0.455. The summed E-state index contributed by atoms with van der Waals surface area (Å²) in [5.74, 6) is -0.330. The zero-order valence-corrected chi connectivity index (χ0v) is 10.2. The molecule has 0 radical (unpaired) electrons. The van der Waals surface area contributed by atoms with Gasteiger partial charge in [0, 0.05) is 17.3 Å². The van der Waals surface area contributed by atoms with Crippen LogP contribution in [-0.2, 0) is 4.74 Å². The average molecular weight is 238 g/mol. The summed E-state index contributed by atoms with van der Waals surface area (Å²) in [5, 5.41) is 2.01. The van der Waals surface area contributed by atoms with E-state index < -0.39 is 0 Å². The maximum absolute atomic E-state index is 11.6. The van der Waals surface area contributed by atoms with Crippen LogP contribution in [-0.4, -0.2) is 22.0 Å². The molecule has 0 bridgehead atoms. The summed E-state index contributed by atoms with van der Waals surface area (Å²) in [4.78, 5) is 16.7. The molecule has 0 unspecified atom stereocenters. The van der Waals surface area contributed by atoms with Crippen molar-refractivity contribution >= 4 is 22.3 Å². The van der Waals surface area contributed by atoms with Crippen molar-refractivity contribution in [2.45, 2.75) is 26.7 Å². The number of nitrogens with zero attached hydrogens (tertiary/aromatic N) is 2. The van der Waals surface area contributed by atoms with Crippen molar-refractivity contribution < 1.29 is 9.53 Å². The molecule has 2 heterocycles. The lowest BCUT2D eigenvalue weighted by Crippen LogP contribution is -2.06. The van der Waals surface area contributed by atoms with E-state index in [1.807, 2.05) is 16.7 Å². The van der Waals surface area contributed by atoms with Gasteiger partial charge in [-0.15, -0.1) is 11.3 Å². The van der Waals surface area contributed by atoms with Gasteiger partial charge in [-0.3, -0.25) is 4.40 Å². The van der Waals surface area contributed by atoms with E-state index in [9.17, 15) is 4.79 Å². The highest BCUT2D eigenvalue weighted by molar-refractivity contribution is 7.15. The van der Waals surface area contributed by atoms with Crippen LogP contribution >= 0.6 is 11.3 Å². The molecule has 0 fully saturated rings. The SMILES string of the molecule is CCCCOC(=O)c1cn2c(C)csc2n1. The Bertz CT molecular complexity index is 501. The summed E-state index contributed by atoms with van der Waals surface area (Å²) in [7, 11) is 0. The Hall–Kier alpha value is -1.36. The molecule has 86 valence electrons. The van der Waals surface area contributed by atoms with Crippen LogP contribution in [0, 0.1) is 6.92 Å². The fourth-order valence-electron chi connectivity index (χ4n) is 1.38. The molecule has 0 aliphatic heterocycles. The lowest BCUT2D eigenvalue weighted by atomic mass is 10.4. The predicted molar refractivity (Wildman–Crippen MR) is 63.0 cm³/mol. The summed E-state index contributed by atoms with van der Waals surface area (Å²) in [6.45, 7) is 4.51. The summed E-state index contributed by atoms with van der Waals surface area (Å²) in [6.07, 6.45) is 3.65. The molecule has 0 saturated carbocycles. The Kier molecular flexibility index (Phi) is 3.24. The molecule has 0 aromatic carbocycles. The van der Waals surface area contributed by atoms with Crippen LogP contribution in [0.4, 0.5) is 0 Å². The first-order valence-electron chi connectivity index (χ1n) is 5.32. The molecule has 2 rings (SSSR count). The van der Waals surface area contributed by atoms with Crippen molar-refractivity contribution in [1.82, 2.24) is 9.38 Å². The van der Waals surface area contributed by atoms with Crippen LogP contribution < -0.4 is 0 Å². The summed E-state index contributed by atoms with van der Waals surface area (Å²) in [6, 6.07) is 0. The number of imidazole rings is 1. The molecule has 2 aromatic rings. The number of hydrogen-bond donors (Lipinski definition) is 0. The number of carbonyl (C=O) groups excluding carboxylic acids is 1. The van der Waals surface area contributed by atoms with Crippen LogP contribution in [0.5, 0.6) is 0 Å². The Balaban J connectivity index is 2.11. The number of hydrogen-bond acceptors (Lipinski definition) is 4. The molecule has 0 aliphatic carbocycles. The van der Waals surface area contributed by atoms with Gasteiger partial charge in [-0.05, 0) is 13.3 Å². The first-order chi connectivity index (χ1) is 7.72. The quantitative estimate of drug-likeness (QED) is 0.607. The highest BCUT2D eigenvalue weighted by Gasteiger charge is 2.13. The van der Waals surface area contributed by atoms with Gasteiger partial charge in [0.25, 0.3) is 0 Å². The molecule has 4 nitrogen and oxygen atoms in total. The van der Waals surface area contributed by atoms with Crippen LogP contribution in [0.25, 0.3) is 4.96 Å². The topological polar surface area (TPSA) is 43.6 Å². The number of aryl methyl sites for hydroxylation is 1. The Morgan fingerprint density at radius 2 is 2.44 bits per heavy atom. The third-order valence-corrected chi connectivity index (χ3v) is 3.29. The van der Waals surface area contributed by atoms with Gasteiger partial charge in [0.2, 0.25) is 0 Å². The zero-order valence-electron chi connectivity index (χ0n) is 9.40. The lowest BCUT2D eigenvalue weighted by molar-refractivity contribution is 0.0493. The maximum Gasteiger partial charge on any atom is 0.358 e. The summed E-state index contributed by atoms with van der Waals surface area (Å²) >= 11 is 1.52. The number of esters is 1. The smallest absolute Gasteiger partial charge is 0.358 e. The minimum absolute atomic E-state index is 0.330. The van der Waals surface area contributed by atoms with Gasteiger partial charge in [0.05, 0.1) is 6.61 Å². The molecule has 0 saturated heterocycles. The Labute approximate surface area is 97.9 Å². The molecule has 0 N–H and O–H groups in total. The van der Waals surface area contributed by atoms with E-state index in [4.69, 9.17) is 4.74 Å². The van der Waals surface area contributed by atoms with Crippen LogP contribution in [0.3, 0.4) is 0 Å². The highest BCUT2D eigenvalue weighted by Crippen LogP contribution is 2.16. The molecular formula is C11H14N2O2S. The molecule has 5 heteroatoms. The second-order valence-corrected chi connectivity index (χ2v) is 4.48. The molecular weight excluding hydrogens is 224 g/mol. The molecule has 16 heavy (non-hydrogen) atoms. The second kappa shape index (κ2) is 4.65. The molecule has 0 amide bonds. The number of thiazole rings is 1. The maximum atomic E-state index is 11.6. The van der Waals surface area contributed by atoms with E-state index in [1.54, 1.807) is 6.20 Å². The molecule has 0 spiro atoms. The van der Waals surface area contributed by atoms with Crippen LogP contribution in [0.15, 0.2) is 11.6 Å². The van der Waals surface area contributed by atoms with Gasteiger partial charge in [-0.1, -0.05) is 13.3 Å². The number of carbonyl (C=O) groups is 1. The van der Waals surface area contributed by atoms with Crippen molar-refractivity contribution in [1.29, 1.82) is 0 Å². The lowest BCUT2D eigenvalue weighted by Gasteiger charge is -1.99.